The van der Waals surface area contributed by atoms with Crippen LogP contribution in [-0.2, 0) is 14.3 Å². The van der Waals surface area contributed by atoms with Crippen molar-refractivity contribution in [2.75, 3.05) is 24.6 Å². The molecule has 1 amide bonds. The van der Waals surface area contributed by atoms with Crippen LogP contribution in [0.3, 0.4) is 0 Å². The Hall–Kier alpha value is -1.11. The second kappa shape index (κ2) is 10.7. The fraction of sp³-hybridized carbons (Fsp3) is 0.619. The van der Waals surface area contributed by atoms with Gasteiger partial charge in [0, 0.05) is 34.5 Å². The Morgan fingerprint density at radius 1 is 1.39 bits per heavy atom. The van der Waals surface area contributed by atoms with Gasteiger partial charge in [-0.3, -0.25) is 4.79 Å². The molecule has 0 aromatic carbocycles. The first kappa shape index (κ1) is 26.5. The van der Waals surface area contributed by atoms with Crippen LogP contribution in [0.2, 0.25) is 0 Å². The Balaban J connectivity index is 0.00000306. The van der Waals surface area contributed by atoms with Gasteiger partial charge in [0.15, 0.2) is 10.8 Å². The summed E-state index contributed by atoms with van der Waals surface area (Å²) >= 11 is 2.92. The van der Waals surface area contributed by atoms with Crippen molar-refractivity contribution >= 4 is 46.1 Å². The predicted molar refractivity (Wildman–Crippen MR) is 118 cm³/mol. The first-order chi connectivity index (χ1) is 15.2. The largest absolute Gasteiger partial charge is 1.00 e. The summed E-state index contributed by atoms with van der Waals surface area (Å²) in [4.78, 5) is 44.7. The molecule has 3 aliphatic heterocycles. The van der Waals surface area contributed by atoms with E-state index in [2.05, 4.69) is 9.88 Å². The van der Waals surface area contributed by atoms with Gasteiger partial charge in [0.2, 0.25) is 5.91 Å². The molecule has 4 rings (SSSR count). The van der Waals surface area contributed by atoms with Gasteiger partial charge >= 0.3 is 35.5 Å². The summed E-state index contributed by atoms with van der Waals surface area (Å²) in [6.45, 7) is 7.01. The number of aliphatic hydroxyl groups is 1. The maximum absolute atomic E-state index is 12.5. The number of thioether (sulfide) groups is 1. The molecule has 0 unspecified atom stereocenters. The molecule has 0 aliphatic carbocycles. The zero-order valence-electron chi connectivity index (χ0n) is 19.1. The molecule has 4 atom stereocenters. The van der Waals surface area contributed by atoms with Crippen LogP contribution in [0.15, 0.2) is 16.0 Å². The fourth-order valence-electron chi connectivity index (χ4n) is 4.72. The first-order valence-corrected chi connectivity index (χ1v) is 12.5. The number of aliphatic hydroxyl groups excluding tert-OH is 1. The van der Waals surface area contributed by atoms with Crippen LogP contribution in [0, 0.1) is 11.8 Å². The number of aromatic nitrogens is 1. The van der Waals surface area contributed by atoms with Gasteiger partial charge in [-0.05, 0) is 26.7 Å². The number of carbonyl (C=O) groups is 3. The molecule has 33 heavy (non-hydrogen) atoms. The number of fused-ring (bicyclic) bond motifs is 1. The molecule has 1 N–H and O–H groups in total. The molecule has 12 heteroatoms. The fourth-order valence-corrected chi connectivity index (χ4v) is 7.02. The van der Waals surface area contributed by atoms with Crippen molar-refractivity contribution in [3.05, 3.63) is 21.7 Å². The smallest absolute Gasteiger partial charge is 0.543 e. The average Bonchev–Trinajstić information content (AvgIpc) is 3.32. The number of thiazole rings is 1. The minimum atomic E-state index is -1.34. The Kier molecular flexibility index (Phi) is 8.56. The number of β-lactam (4-membered cyclic amide) rings is 1. The number of carbonyl (C=O) groups excluding carboxylic acids is 3. The molecule has 1 aromatic rings. The molecular weight excluding hydrogens is 477 g/mol. The summed E-state index contributed by atoms with van der Waals surface area (Å²) in [5, 5.41) is 24.5. The third-order valence-corrected chi connectivity index (χ3v) is 8.81. The summed E-state index contributed by atoms with van der Waals surface area (Å²) in [6, 6.07) is -0.324. The monoisotopic (exact) mass is 503 g/mol. The number of esters is 1. The molecular formula is C21H26N3NaO6S2. The number of hydrogen-bond donors (Lipinski definition) is 1. The number of rotatable bonds is 7. The van der Waals surface area contributed by atoms with Crippen molar-refractivity contribution in [3.8, 4) is 0 Å². The average molecular weight is 504 g/mol. The molecule has 174 valence electrons. The van der Waals surface area contributed by atoms with Crippen LogP contribution in [0.25, 0.3) is 0 Å². The van der Waals surface area contributed by atoms with E-state index in [0.717, 1.165) is 31.1 Å². The number of carboxylic acids is 1. The molecule has 2 fully saturated rings. The quantitative estimate of drug-likeness (QED) is 0.252. The number of carboxylic acid groups (broad SMARTS) is 1. The van der Waals surface area contributed by atoms with Gasteiger partial charge in [-0.1, -0.05) is 6.92 Å². The van der Waals surface area contributed by atoms with Gasteiger partial charge in [0.1, 0.15) is 0 Å². The summed E-state index contributed by atoms with van der Waals surface area (Å²) in [7, 11) is 0. The van der Waals surface area contributed by atoms with E-state index in [1.807, 2.05) is 6.92 Å². The number of amides is 1. The zero-order valence-corrected chi connectivity index (χ0v) is 22.8. The van der Waals surface area contributed by atoms with Crippen LogP contribution in [0.4, 0.5) is 5.13 Å². The second-order valence-electron chi connectivity index (χ2n) is 8.29. The number of anilines is 1. The standard InChI is InChI=1S/C21H27N3O6S2.Na/c1-4-30-20(29)13-9-31-21(22-13)23-7-5-12(6-8-23)32-17-10(2)15-14(11(3)25)18(26)24(15)16(17)19(27)28;/h9-12,14-15,25H,4-8H2,1-3H3,(H,27,28);/q;+1/p-1/t10-,11-,14-,15-;/m1./s1. The third kappa shape index (κ3) is 4.85. The van der Waals surface area contributed by atoms with Crippen LogP contribution >= 0.6 is 23.1 Å². The molecule has 0 radical (unpaired) electrons. The SMILES string of the molecule is CCOC(=O)c1csc(N2CCC(SC3=C(C(=O)[O-])N4C(=O)[C@H]([C@@H](C)O)[C@H]4[C@H]3C)CC2)n1.[Na+]. The van der Waals surface area contributed by atoms with E-state index < -0.39 is 24.0 Å². The van der Waals surface area contributed by atoms with Crippen molar-refractivity contribution in [1.29, 1.82) is 0 Å². The number of nitrogens with zero attached hydrogens (tertiary/aromatic N) is 3. The van der Waals surface area contributed by atoms with Crippen molar-refractivity contribution in [1.82, 2.24) is 9.88 Å². The molecule has 0 bridgehead atoms. The molecule has 0 spiro atoms. The minimum Gasteiger partial charge on any atom is -0.543 e. The van der Waals surface area contributed by atoms with Crippen molar-refractivity contribution in [2.45, 2.75) is 51.0 Å². The zero-order chi connectivity index (χ0) is 23.2. The Morgan fingerprint density at radius 2 is 2.06 bits per heavy atom. The van der Waals surface area contributed by atoms with E-state index in [4.69, 9.17) is 4.74 Å². The van der Waals surface area contributed by atoms with E-state index >= 15 is 0 Å². The maximum Gasteiger partial charge on any atom is 1.00 e. The second-order valence-corrected chi connectivity index (χ2v) is 10.5. The van der Waals surface area contributed by atoms with Crippen LogP contribution in [0.5, 0.6) is 0 Å². The van der Waals surface area contributed by atoms with Gasteiger partial charge in [-0.2, -0.15) is 0 Å². The van der Waals surface area contributed by atoms with Gasteiger partial charge in [-0.25, -0.2) is 9.78 Å². The molecule has 0 saturated carbocycles. The van der Waals surface area contributed by atoms with Gasteiger partial charge in [0.25, 0.3) is 0 Å². The molecule has 2 saturated heterocycles. The Morgan fingerprint density at radius 3 is 2.64 bits per heavy atom. The number of ether oxygens (including phenoxy) is 1. The van der Waals surface area contributed by atoms with E-state index in [1.165, 1.54) is 28.0 Å². The van der Waals surface area contributed by atoms with Gasteiger partial charge in [0.05, 0.1) is 36.3 Å². The van der Waals surface area contributed by atoms with Gasteiger partial charge < -0.3 is 29.5 Å². The van der Waals surface area contributed by atoms with Gasteiger partial charge in [-0.15, -0.1) is 23.1 Å². The van der Waals surface area contributed by atoms with Crippen LogP contribution in [-0.4, -0.2) is 69.9 Å². The van der Waals surface area contributed by atoms with Crippen LogP contribution < -0.4 is 39.6 Å². The van der Waals surface area contributed by atoms with Crippen LogP contribution in [0.1, 0.15) is 44.1 Å². The normalized spacial score (nSPS) is 25.9. The first-order valence-electron chi connectivity index (χ1n) is 10.8. The molecule has 1 aromatic heterocycles. The Bertz CT molecular complexity index is 960. The van der Waals surface area contributed by atoms with E-state index in [0.29, 0.717) is 17.2 Å². The Labute approximate surface area is 222 Å². The third-order valence-electron chi connectivity index (χ3n) is 6.28. The van der Waals surface area contributed by atoms with Crippen molar-refractivity contribution in [3.63, 3.8) is 0 Å². The van der Waals surface area contributed by atoms with E-state index in [9.17, 15) is 24.6 Å². The predicted octanol–water partition coefficient (Wildman–Crippen LogP) is -2.16. The minimum absolute atomic E-state index is 0. The van der Waals surface area contributed by atoms with Crippen molar-refractivity contribution in [2.24, 2.45) is 11.8 Å². The van der Waals surface area contributed by atoms with E-state index in [1.54, 1.807) is 19.2 Å². The summed E-state index contributed by atoms with van der Waals surface area (Å²) in [5.74, 6) is -2.84. The number of aliphatic carboxylic acids is 1. The van der Waals surface area contributed by atoms with E-state index in [-0.39, 0.29) is 58.4 Å². The molecule has 4 heterocycles. The number of piperidine rings is 1. The molecule has 9 nitrogen and oxygen atoms in total. The summed E-state index contributed by atoms with van der Waals surface area (Å²) in [5.41, 5.74) is 0.282. The molecule has 3 aliphatic rings. The summed E-state index contributed by atoms with van der Waals surface area (Å²) in [6.07, 6.45) is 0.807. The topological polar surface area (TPSA) is 123 Å². The number of hydrogen-bond acceptors (Lipinski definition) is 10. The van der Waals surface area contributed by atoms with Crippen molar-refractivity contribution < 1.29 is 58.9 Å². The summed E-state index contributed by atoms with van der Waals surface area (Å²) < 4.78 is 4.99. The maximum atomic E-state index is 12.5.